The lowest BCUT2D eigenvalue weighted by Crippen LogP contribution is -2.16. The number of hydrogen-bond donors (Lipinski definition) is 0. The maximum atomic E-state index is 5.24. The average molecular weight is 140 g/mol. The summed E-state index contributed by atoms with van der Waals surface area (Å²) in [6, 6.07) is 0. The van der Waals surface area contributed by atoms with Gasteiger partial charge in [-0.2, -0.15) is 0 Å². The summed E-state index contributed by atoms with van der Waals surface area (Å²) in [5, 5.41) is 0. The molecule has 52 valence electrons. The van der Waals surface area contributed by atoms with Gasteiger partial charge < -0.3 is 0 Å². The molecular weight excluding hydrogens is 124 g/mol. The van der Waals surface area contributed by atoms with E-state index in [4.69, 9.17) is 6.42 Å². The van der Waals surface area contributed by atoms with Gasteiger partial charge in [0.25, 0.3) is 0 Å². The fraction of sp³-hybridized carbons (Fsp3) is 0.750. The third-order valence-corrected chi connectivity index (χ3v) is 3.98. The summed E-state index contributed by atoms with van der Waals surface area (Å²) in [7, 11) is -0.230. The summed E-state index contributed by atoms with van der Waals surface area (Å²) >= 11 is 0. The minimum Gasteiger partial charge on any atom is -0.143 e. The van der Waals surface area contributed by atoms with Crippen molar-refractivity contribution >= 4 is 9.52 Å². The second-order valence-corrected chi connectivity index (χ2v) is 5.72. The number of rotatable bonds is 1. The van der Waals surface area contributed by atoms with Gasteiger partial charge in [-0.05, 0) is 11.0 Å². The monoisotopic (exact) mass is 140 g/mol. The van der Waals surface area contributed by atoms with Crippen LogP contribution in [0.2, 0.25) is 5.54 Å². The van der Waals surface area contributed by atoms with Crippen LogP contribution in [0.5, 0.6) is 0 Å². The van der Waals surface area contributed by atoms with Crippen molar-refractivity contribution in [1.29, 1.82) is 0 Å². The smallest absolute Gasteiger partial charge is 0.110 e. The molecular formula is C8H16Si. The highest BCUT2D eigenvalue weighted by Gasteiger charge is 2.18. The summed E-state index contributed by atoms with van der Waals surface area (Å²) < 4.78 is 0. The van der Waals surface area contributed by atoms with Crippen molar-refractivity contribution in [2.75, 3.05) is 0 Å². The van der Waals surface area contributed by atoms with E-state index >= 15 is 0 Å². The summed E-state index contributed by atoms with van der Waals surface area (Å²) in [5.74, 6) is 0. The van der Waals surface area contributed by atoms with Crippen molar-refractivity contribution in [1.82, 2.24) is 0 Å². The molecule has 0 aromatic rings. The molecule has 1 atom stereocenters. The molecule has 0 aliphatic heterocycles. The molecule has 9 heavy (non-hydrogen) atoms. The van der Waals surface area contributed by atoms with E-state index in [0.717, 1.165) is 5.54 Å². The van der Waals surface area contributed by atoms with Crippen molar-refractivity contribution < 1.29 is 0 Å². The molecule has 0 spiro atoms. The fourth-order valence-electron chi connectivity index (χ4n) is 0.483. The first-order chi connectivity index (χ1) is 3.98. The van der Waals surface area contributed by atoms with Crippen LogP contribution in [0.4, 0.5) is 0 Å². The molecule has 0 heterocycles. The van der Waals surface area contributed by atoms with Gasteiger partial charge >= 0.3 is 0 Å². The first-order valence-corrected chi connectivity index (χ1v) is 4.94. The molecule has 1 unspecified atom stereocenters. The van der Waals surface area contributed by atoms with E-state index in [0.29, 0.717) is 5.41 Å². The van der Waals surface area contributed by atoms with Crippen LogP contribution in [-0.2, 0) is 0 Å². The molecule has 0 saturated carbocycles. The van der Waals surface area contributed by atoms with Gasteiger partial charge in [0.15, 0.2) is 0 Å². The molecule has 0 bridgehead atoms. The Labute approximate surface area is 60.9 Å². The fourth-order valence-corrected chi connectivity index (χ4v) is 1.45. The summed E-state index contributed by atoms with van der Waals surface area (Å²) in [5.41, 5.74) is 4.01. The predicted octanol–water partition coefficient (Wildman–Crippen LogP) is 1.60. The Morgan fingerprint density at radius 1 is 1.44 bits per heavy atom. The lowest BCUT2D eigenvalue weighted by atomic mass is 9.93. The van der Waals surface area contributed by atoms with Gasteiger partial charge in [0.05, 0.1) is 0 Å². The van der Waals surface area contributed by atoms with Crippen LogP contribution in [0, 0.1) is 17.4 Å². The average Bonchev–Trinajstić information content (AvgIpc) is 1.64. The second kappa shape index (κ2) is 3.08. The number of hydrogen-bond acceptors (Lipinski definition) is 0. The zero-order chi connectivity index (χ0) is 7.49. The summed E-state index contributed by atoms with van der Waals surface area (Å²) in [6.07, 6.45) is 5.24. The van der Waals surface area contributed by atoms with E-state index in [-0.39, 0.29) is 9.52 Å². The molecule has 0 nitrogen and oxygen atoms in total. The highest BCUT2D eigenvalue weighted by Crippen LogP contribution is 2.28. The van der Waals surface area contributed by atoms with Crippen LogP contribution >= 0.6 is 0 Å². The van der Waals surface area contributed by atoms with Gasteiger partial charge in [-0.3, -0.25) is 0 Å². The van der Waals surface area contributed by atoms with Gasteiger partial charge in [-0.1, -0.05) is 27.7 Å². The molecule has 0 aliphatic rings. The third kappa shape index (κ3) is 3.37. The maximum absolute atomic E-state index is 5.24. The van der Waals surface area contributed by atoms with Gasteiger partial charge in [-0.25, -0.2) is 0 Å². The Hall–Kier alpha value is -0.223. The van der Waals surface area contributed by atoms with Gasteiger partial charge in [-0.15, -0.1) is 12.0 Å². The topological polar surface area (TPSA) is 0 Å². The van der Waals surface area contributed by atoms with E-state index in [1.54, 1.807) is 0 Å². The molecule has 0 radical (unpaired) electrons. The molecule has 0 amide bonds. The normalized spacial score (nSPS) is 15.9. The minimum atomic E-state index is -0.230. The lowest BCUT2D eigenvalue weighted by Gasteiger charge is -2.24. The standard InChI is InChI=1S/C8H16Si/c1-6-9-7(2)8(3,4)5/h1,7H,9H2,2-5H3. The SMILES string of the molecule is C#C[SiH2]C(C)C(C)(C)C. The predicted molar refractivity (Wildman–Crippen MR) is 46.3 cm³/mol. The molecule has 0 aromatic heterocycles. The van der Waals surface area contributed by atoms with Crippen molar-refractivity contribution in [2.45, 2.75) is 33.2 Å². The van der Waals surface area contributed by atoms with Crippen LogP contribution in [0.15, 0.2) is 0 Å². The Morgan fingerprint density at radius 3 is 2.00 bits per heavy atom. The van der Waals surface area contributed by atoms with E-state index in [1.165, 1.54) is 0 Å². The maximum Gasteiger partial charge on any atom is 0.110 e. The zero-order valence-electron chi connectivity index (χ0n) is 6.86. The lowest BCUT2D eigenvalue weighted by molar-refractivity contribution is 0.396. The highest BCUT2D eigenvalue weighted by atomic mass is 28.2. The molecule has 0 N–H and O–H groups in total. The van der Waals surface area contributed by atoms with E-state index in [9.17, 15) is 0 Å². The number of terminal acetylenes is 1. The van der Waals surface area contributed by atoms with Crippen LogP contribution in [0.1, 0.15) is 27.7 Å². The van der Waals surface area contributed by atoms with E-state index in [1.807, 2.05) is 0 Å². The molecule has 0 fully saturated rings. The molecule has 1 heteroatoms. The minimum absolute atomic E-state index is 0.230. The van der Waals surface area contributed by atoms with Crippen LogP contribution < -0.4 is 0 Å². The van der Waals surface area contributed by atoms with Crippen molar-refractivity contribution in [3.8, 4) is 12.0 Å². The summed E-state index contributed by atoms with van der Waals surface area (Å²) in [4.78, 5) is 0. The molecule has 0 saturated heterocycles. The Morgan fingerprint density at radius 2 is 1.89 bits per heavy atom. The van der Waals surface area contributed by atoms with Gasteiger partial charge in [0, 0.05) is 0 Å². The molecule has 0 aliphatic carbocycles. The highest BCUT2D eigenvalue weighted by molar-refractivity contribution is 6.47. The Balaban J connectivity index is 3.76. The molecule has 0 rings (SSSR count). The first-order valence-electron chi connectivity index (χ1n) is 3.42. The van der Waals surface area contributed by atoms with E-state index < -0.39 is 0 Å². The first kappa shape index (κ1) is 8.78. The van der Waals surface area contributed by atoms with Crippen molar-refractivity contribution in [2.24, 2.45) is 5.41 Å². The second-order valence-electron chi connectivity index (χ2n) is 3.68. The van der Waals surface area contributed by atoms with E-state index in [2.05, 4.69) is 33.2 Å². The van der Waals surface area contributed by atoms with Gasteiger partial charge in [0.2, 0.25) is 0 Å². The van der Waals surface area contributed by atoms with Crippen molar-refractivity contribution in [3.05, 3.63) is 0 Å². The van der Waals surface area contributed by atoms with Crippen molar-refractivity contribution in [3.63, 3.8) is 0 Å². The Kier molecular flexibility index (Phi) is 3.00. The van der Waals surface area contributed by atoms with Crippen LogP contribution in [-0.4, -0.2) is 9.52 Å². The quantitative estimate of drug-likeness (QED) is 0.383. The largest absolute Gasteiger partial charge is 0.143 e. The third-order valence-electron chi connectivity index (χ3n) is 1.90. The Bertz CT molecular complexity index is 114. The van der Waals surface area contributed by atoms with Crippen LogP contribution in [0.25, 0.3) is 0 Å². The molecule has 0 aromatic carbocycles. The summed E-state index contributed by atoms with van der Waals surface area (Å²) in [6.45, 7) is 9.01. The van der Waals surface area contributed by atoms with Crippen LogP contribution in [0.3, 0.4) is 0 Å². The zero-order valence-corrected chi connectivity index (χ0v) is 8.28. The van der Waals surface area contributed by atoms with Gasteiger partial charge in [0.1, 0.15) is 9.52 Å².